The number of amides is 2. The van der Waals surface area contributed by atoms with Gasteiger partial charge >= 0.3 is 6.18 Å². The van der Waals surface area contributed by atoms with Crippen molar-refractivity contribution in [3.05, 3.63) is 65.4 Å². The highest BCUT2D eigenvalue weighted by Gasteiger charge is 2.33. The number of fused-ring (bicyclic) bond motifs is 1. The molecule has 0 saturated heterocycles. The third-order valence-corrected chi connectivity index (χ3v) is 5.13. The van der Waals surface area contributed by atoms with Gasteiger partial charge in [0, 0.05) is 10.9 Å². The summed E-state index contributed by atoms with van der Waals surface area (Å²) in [5, 5.41) is 7.31. The van der Waals surface area contributed by atoms with Gasteiger partial charge in [0.05, 0.1) is 11.1 Å². The predicted octanol–water partition coefficient (Wildman–Crippen LogP) is 3.57. The number of ketones is 1. The zero-order valence-electron chi connectivity index (χ0n) is 18.2. The largest absolute Gasteiger partial charge is 0.416 e. The van der Waals surface area contributed by atoms with Crippen molar-refractivity contribution >= 4 is 28.5 Å². The van der Waals surface area contributed by atoms with Crippen molar-refractivity contribution in [1.29, 1.82) is 0 Å². The molecule has 0 aliphatic carbocycles. The Labute approximate surface area is 187 Å². The molecule has 2 aromatic carbocycles. The molecule has 0 fully saturated rings. The molecule has 0 aliphatic rings. The summed E-state index contributed by atoms with van der Waals surface area (Å²) in [4.78, 5) is 37.5. The molecule has 0 aliphatic heterocycles. The van der Waals surface area contributed by atoms with Crippen LogP contribution in [0.3, 0.4) is 0 Å². The van der Waals surface area contributed by atoms with E-state index in [-0.39, 0.29) is 17.8 Å². The summed E-state index contributed by atoms with van der Waals surface area (Å²) in [5.74, 6) is -1.81. The molecule has 2 amide bonds. The Morgan fingerprint density at radius 1 is 1.03 bits per heavy atom. The van der Waals surface area contributed by atoms with Gasteiger partial charge in [0.25, 0.3) is 5.91 Å². The maximum atomic E-state index is 12.9. The van der Waals surface area contributed by atoms with Crippen LogP contribution in [0.15, 0.2) is 48.5 Å². The first kappa shape index (κ1) is 24.0. The van der Waals surface area contributed by atoms with Gasteiger partial charge in [0.2, 0.25) is 5.91 Å². The van der Waals surface area contributed by atoms with Gasteiger partial charge in [-0.05, 0) is 23.6 Å². The van der Waals surface area contributed by atoms with Crippen LogP contribution in [0.1, 0.15) is 47.2 Å². The number of primary amides is 1. The third-order valence-electron chi connectivity index (χ3n) is 5.13. The molecular formula is C23H23F3N4O3. The van der Waals surface area contributed by atoms with Crippen LogP contribution in [0.4, 0.5) is 13.2 Å². The number of Topliss-reactive ketones (excluding diaryl/α,β-unsaturated/α-hetero) is 1. The highest BCUT2D eigenvalue weighted by Crippen LogP contribution is 2.29. The number of nitrogens with zero attached hydrogens (tertiary/aromatic N) is 2. The number of nitrogens with two attached hydrogens (primary N) is 1. The summed E-state index contributed by atoms with van der Waals surface area (Å²) >= 11 is 0. The van der Waals surface area contributed by atoms with E-state index >= 15 is 0 Å². The minimum atomic E-state index is -4.50. The van der Waals surface area contributed by atoms with Crippen LogP contribution in [0.25, 0.3) is 10.9 Å². The number of carbonyl (C=O) groups excluding carboxylic acids is 3. The number of carbonyl (C=O) groups is 3. The molecule has 174 valence electrons. The lowest BCUT2D eigenvalue weighted by molar-refractivity contribution is -0.137. The molecule has 3 N–H and O–H groups in total. The van der Waals surface area contributed by atoms with Crippen molar-refractivity contribution in [2.24, 2.45) is 11.1 Å². The van der Waals surface area contributed by atoms with Gasteiger partial charge in [-0.2, -0.15) is 18.3 Å². The van der Waals surface area contributed by atoms with Crippen LogP contribution in [0, 0.1) is 5.41 Å². The summed E-state index contributed by atoms with van der Waals surface area (Å²) in [6, 6.07) is 9.62. The number of halogens is 3. The van der Waals surface area contributed by atoms with Crippen molar-refractivity contribution < 1.29 is 27.6 Å². The number of nitrogens with one attached hydrogen (secondary N) is 1. The van der Waals surface area contributed by atoms with Crippen LogP contribution < -0.4 is 11.1 Å². The second-order valence-corrected chi connectivity index (χ2v) is 8.70. The van der Waals surface area contributed by atoms with Gasteiger partial charge in [-0.25, -0.2) is 0 Å². The van der Waals surface area contributed by atoms with Crippen molar-refractivity contribution in [3.8, 4) is 0 Å². The molecule has 10 heteroatoms. The Hall–Kier alpha value is -3.69. The minimum Gasteiger partial charge on any atom is -0.368 e. The lowest BCUT2D eigenvalue weighted by Crippen LogP contribution is -2.52. The molecule has 33 heavy (non-hydrogen) atoms. The number of para-hydroxylation sites is 1. The Morgan fingerprint density at radius 3 is 2.18 bits per heavy atom. The highest BCUT2D eigenvalue weighted by molar-refractivity contribution is 6.06. The van der Waals surface area contributed by atoms with E-state index in [9.17, 15) is 27.6 Å². The number of alkyl halides is 3. The standard InChI is InChI=1S/C23H23F3N4O3/c1-22(2,3)19(20(27)32)28-21(33)18-15-6-4-5-7-16(15)30(29-18)12-17(31)13-8-10-14(11-9-13)23(24,25)26/h4-11,19H,12H2,1-3H3,(H2,27,32)(H,28,33)/t19-/m1/s1. The maximum Gasteiger partial charge on any atom is 0.416 e. The molecule has 3 rings (SSSR count). The molecule has 1 heterocycles. The highest BCUT2D eigenvalue weighted by atomic mass is 19.4. The second kappa shape index (κ2) is 8.68. The van der Waals surface area contributed by atoms with Gasteiger partial charge < -0.3 is 11.1 Å². The number of hydrogen-bond acceptors (Lipinski definition) is 4. The summed E-state index contributed by atoms with van der Waals surface area (Å²) in [6.45, 7) is 4.96. The number of benzene rings is 2. The zero-order chi connectivity index (χ0) is 24.6. The molecule has 3 aromatic rings. The quantitative estimate of drug-likeness (QED) is 0.549. The summed E-state index contributed by atoms with van der Waals surface area (Å²) in [5.41, 5.74) is 4.50. The molecule has 1 aromatic heterocycles. The van der Waals surface area contributed by atoms with Crippen molar-refractivity contribution in [3.63, 3.8) is 0 Å². The average Bonchev–Trinajstić information content (AvgIpc) is 3.09. The lowest BCUT2D eigenvalue weighted by atomic mass is 9.86. The molecule has 0 radical (unpaired) electrons. The first-order valence-corrected chi connectivity index (χ1v) is 10.0. The minimum absolute atomic E-state index is 0.00122. The molecule has 0 spiro atoms. The summed E-state index contributed by atoms with van der Waals surface area (Å²) in [6.07, 6.45) is -4.50. The maximum absolute atomic E-state index is 12.9. The van der Waals surface area contributed by atoms with Gasteiger partial charge in [-0.3, -0.25) is 19.1 Å². The zero-order valence-corrected chi connectivity index (χ0v) is 18.2. The van der Waals surface area contributed by atoms with Crippen LogP contribution >= 0.6 is 0 Å². The second-order valence-electron chi connectivity index (χ2n) is 8.70. The average molecular weight is 460 g/mol. The molecule has 0 bridgehead atoms. The lowest BCUT2D eigenvalue weighted by Gasteiger charge is -2.28. The third kappa shape index (κ3) is 5.21. The number of hydrogen-bond donors (Lipinski definition) is 2. The normalized spacial score (nSPS) is 13.0. The first-order chi connectivity index (χ1) is 15.3. The van der Waals surface area contributed by atoms with Crippen molar-refractivity contribution in [1.82, 2.24) is 15.1 Å². The van der Waals surface area contributed by atoms with E-state index in [1.807, 2.05) is 0 Å². The predicted molar refractivity (Wildman–Crippen MR) is 115 cm³/mol. The van der Waals surface area contributed by atoms with E-state index in [4.69, 9.17) is 5.73 Å². The van der Waals surface area contributed by atoms with Crippen LogP contribution in [0.5, 0.6) is 0 Å². The molecule has 7 nitrogen and oxygen atoms in total. The Balaban J connectivity index is 1.90. The van der Waals surface area contributed by atoms with E-state index in [0.29, 0.717) is 10.9 Å². The van der Waals surface area contributed by atoms with Gasteiger partial charge in [0.15, 0.2) is 11.5 Å². The van der Waals surface area contributed by atoms with E-state index in [0.717, 1.165) is 24.3 Å². The first-order valence-electron chi connectivity index (χ1n) is 10.0. The fraction of sp³-hybridized carbons (Fsp3) is 0.304. The van der Waals surface area contributed by atoms with E-state index in [2.05, 4.69) is 10.4 Å². The Morgan fingerprint density at radius 2 is 1.64 bits per heavy atom. The van der Waals surface area contributed by atoms with Crippen LogP contribution in [0.2, 0.25) is 0 Å². The van der Waals surface area contributed by atoms with Crippen LogP contribution in [-0.2, 0) is 17.5 Å². The Bertz CT molecular complexity index is 1210. The van der Waals surface area contributed by atoms with E-state index in [1.54, 1.807) is 45.0 Å². The van der Waals surface area contributed by atoms with Gasteiger partial charge in [-0.1, -0.05) is 51.1 Å². The van der Waals surface area contributed by atoms with Crippen LogP contribution in [-0.4, -0.2) is 33.4 Å². The molecule has 0 unspecified atom stereocenters. The fourth-order valence-corrected chi connectivity index (χ4v) is 3.40. The number of rotatable bonds is 6. The van der Waals surface area contributed by atoms with Crippen molar-refractivity contribution in [2.45, 2.75) is 39.5 Å². The topological polar surface area (TPSA) is 107 Å². The van der Waals surface area contributed by atoms with Crippen molar-refractivity contribution in [2.75, 3.05) is 0 Å². The van der Waals surface area contributed by atoms with Gasteiger partial charge in [-0.15, -0.1) is 0 Å². The molecule has 1 atom stereocenters. The van der Waals surface area contributed by atoms with Gasteiger partial charge in [0.1, 0.15) is 12.6 Å². The molecular weight excluding hydrogens is 437 g/mol. The monoisotopic (exact) mass is 460 g/mol. The smallest absolute Gasteiger partial charge is 0.368 e. The summed E-state index contributed by atoms with van der Waals surface area (Å²) < 4.78 is 39.6. The Kier molecular flexibility index (Phi) is 6.31. The van der Waals surface area contributed by atoms with E-state index < -0.39 is 40.8 Å². The van der Waals surface area contributed by atoms with E-state index in [1.165, 1.54) is 4.68 Å². The molecule has 0 saturated carbocycles. The fourth-order valence-electron chi connectivity index (χ4n) is 3.40. The number of aromatic nitrogens is 2. The summed E-state index contributed by atoms with van der Waals surface area (Å²) in [7, 11) is 0. The SMILES string of the molecule is CC(C)(C)[C@H](NC(=O)c1nn(CC(=O)c2ccc(C(F)(F)F)cc2)c2ccccc12)C(N)=O.